The fourth-order valence-electron chi connectivity index (χ4n) is 1.42. The Hall–Kier alpha value is -1.18. The monoisotopic (exact) mass is 247 g/mol. The summed E-state index contributed by atoms with van der Waals surface area (Å²) in [6.45, 7) is 1.98. The fourth-order valence-corrected chi connectivity index (χ4v) is 1.42. The van der Waals surface area contributed by atoms with Crippen LogP contribution in [0.25, 0.3) is 0 Å². The van der Waals surface area contributed by atoms with E-state index in [1.165, 1.54) is 19.0 Å². The summed E-state index contributed by atoms with van der Waals surface area (Å²) in [6, 6.07) is -1.57. The number of hydrazine groups is 1. The van der Waals surface area contributed by atoms with Crippen LogP contribution in [0.4, 0.5) is 0 Å². The lowest BCUT2D eigenvalue weighted by Crippen LogP contribution is -2.52. The lowest BCUT2D eigenvalue weighted by atomic mass is 10.1. The van der Waals surface area contributed by atoms with Crippen molar-refractivity contribution in [2.24, 2.45) is 5.73 Å². The number of nitrogens with two attached hydrogens (primary N) is 1. The average molecular weight is 247 g/mol. The number of likely N-dealkylation sites (N-methyl/N-ethyl adjacent to an activating group) is 1. The van der Waals surface area contributed by atoms with Crippen molar-refractivity contribution < 1.29 is 19.8 Å². The molecule has 5 N–H and O–H groups in total. The van der Waals surface area contributed by atoms with Gasteiger partial charge in [0.25, 0.3) is 0 Å². The van der Waals surface area contributed by atoms with E-state index in [2.05, 4.69) is 5.43 Å². The first kappa shape index (κ1) is 15.8. The van der Waals surface area contributed by atoms with E-state index >= 15 is 0 Å². The number of unbranched alkanes of at least 4 members (excludes halogenated alkanes) is 1. The van der Waals surface area contributed by atoms with E-state index in [4.69, 9.17) is 15.9 Å². The van der Waals surface area contributed by atoms with Crippen molar-refractivity contribution in [3.8, 4) is 0 Å². The largest absolute Gasteiger partial charge is 0.480 e. The quantitative estimate of drug-likeness (QED) is 0.320. The number of hydrogen-bond acceptors (Lipinski definition) is 5. The Labute approximate surface area is 101 Å². The number of carbonyl (C=O) groups is 2. The maximum atomic E-state index is 11.0. The van der Waals surface area contributed by atoms with Crippen molar-refractivity contribution in [3.05, 3.63) is 0 Å². The zero-order chi connectivity index (χ0) is 13.4. The standard InChI is InChI=1S/C10H21N3O4/c1-7(9(14)15)12-13(2)8(10(16)17)5-3-4-6-11/h7-8,12H,3-6,11H2,1-2H3,(H,14,15)(H,16,17)/t7-,8-/m0/s1. The van der Waals surface area contributed by atoms with Crippen LogP contribution in [0.5, 0.6) is 0 Å². The molecule has 0 aliphatic rings. The van der Waals surface area contributed by atoms with Crippen molar-refractivity contribution in [3.63, 3.8) is 0 Å². The second kappa shape index (κ2) is 7.99. The molecule has 0 unspecified atom stereocenters. The van der Waals surface area contributed by atoms with E-state index in [1.54, 1.807) is 0 Å². The van der Waals surface area contributed by atoms with E-state index in [0.717, 1.165) is 6.42 Å². The summed E-state index contributed by atoms with van der Waals surface area (Å²) in [4.78, 5) is 21.7. The van der Waals surface area contributed by atoms with Crippen LogP contribution in [0.2, 0.25) is 0 Å². The van der Waals surface area contributed by atoms with Crippen LogP contribution < -0.4 is 11.2 Å². The molecule has 100 valence electrons. The zero-order valence-electron chi connectivity index (χ0n) is 10.2. The molecule has 0 fully saturated rings. The molecule has 0 radical (unpaired) electrons. The van der Waals surface area contributed by atoms with Crippen LogP contribution in [0.1, 0.15) is 26.2 Å². The van der Waals surface area contributed by atoms with Crippen LogP contribution in [0, 0.1) is 0 Å². The van der Waals surface area contributed by atoms with Gasteiger partial charge < -0.3 is 15.9 Å². The van der Waals surface area contributed by atoms with Crippen molar-refractivity contribution in [2.75, 3.05) is 13.6 Å². The minimum atomic E-state index is -1.03. The molecule has 0 aromatic heterocycles. The fraction of sp³-hybridized carbons (Fsp3) is 0.800. The van der Waals surface area contributed by atoms with E-state index in [0.29, 0.717) is 19.4 Å². The molecule has 0 aromatic rings. The summed E-state index contributed by atoms with van der Waals surface area (Å²) in [5, 5.41) is 19.1. The van der Waals surface area contributed by atoms with Gasteiger partial charge in [-0.15, -0.1) is 0 Å². The molecule has 0 rings (SSSR count). The molecule has 0 bridgehead atoms. The molecular formula is C10H21N3O4. The maximum absolute atomic E-state index is 11.0. The van der Waals surface area contributed by atoms with Crippen molar-refractivity contribution in [2.45, 2.75) is 38.3 Å². The summed E-state index contributed by atoms with van der Waals surface area (Å²) in [7, 11) is 1.53. The lowest BCUT2D eigenvalue weighted by molar-refractivity contribution is -0.148. The molecule has 0 saturated heterocycles. The Kier molecular flexibility index (Phi) is 7.44. The predicted octanol–water partition coefficient (Wildman–Crippen LogP) is -0.522. The minimum absolute atomic E-state index is 0.433. The predicted molar refractivity (Wildman–Crippen MR) is 62.3 cm³/mol. The summed E-state index contributed by atoms with van der Waals surface area (Å²) in [6.07, 6.45) is 1.88. The van der Waals surface area contributed by atoms with Crippen molar-refractivity contribution in [1.29, 1.82) is 0 Å². The average Bonchev–Trinajstić information content (AvgIpc) is 2.23. The number of aliphatic carboxylic acids is 2. The van der Waals surface area contributed by atoms with Gasteiger partial charge in [0, 0.05) is 7.05 Å². The van der Waals surface area contributed by atoms with Crippen LogP contribution >= 0.6 is 0 Å². The molecule has 0 aromatic carbocycles. The number of nitrogens with zero attached hydrogens (tertiary/aromatic N) is 1. The van der Waals surface area contributed by atoms with Gasteiger partial charge in [0.1, 0.15) is 12.1 Å². The second-order valence-corrected chi connectivity index (χ2v) is 3.94. The van der Waals surface area contributed by atoms with Crippen LogP contribution in [-0.4, -0.2) is 52.8 Å². The van der Waals surface area contributed by atoms with E-state index in [1.807, 2.05) is 0 Å². The number of carboxylic acid groups (broad SMARTS) is 2. The number of nitrogens with one attached hydrogen (secondary N) is 1. The maximum Gasteiger partial charge on any atom is 0.322 e. The van der Waals surface area contributed by atoms with Crippen molar-refractivity contribution >= 4 is 11.9 Å². The Morgan fingerprint density at radius 3 is 2.29 bits per heavy atom. The zero-order valence-corrected chi connectivity index (χ0v) is 10.2. The molecule has 7 nitrogen and oxygen atoms in total. The topological polar surface area (TPSA) is 116 Å². The smallest absolute Gasteiger partial charge is 0.322 e. The van der Waals surface area contributed by atoms with Gasteiger partial charge in [0.2, 0.25) is 0 Å². The van der Waals surface area contributed by atoms with E-state index in [-0.39, 0.29) is 0 Å². The van der Waals surface area contributed by atoms with Gasteiger partial charge in [0.05, 0.1) is 0 Å². The third-order valence-corrected chi connectivity index (χ3v) is 2.45. The molecule has 7 heteroatoms. The second-order valence-electron chi connectivity index (χ2n) is 3.94. The third-order valence-electron chi connectivity index (χ3n) is 2.45. The molecule has 0 aliphatic heterocycles. The molecular weight excluding hydrogens is 226 g/mol. The Balaban J connectivity index is 4.28. The third kappa shape index (κ3) is 6.20. The highest BCUT2D eigenvalue weighted by Gasteiger charge is 2.24. The Morgan fingerprint density at radius 1 is 1.29 bits per heavy atom. The number of carboxylic acids is 2. The van der Waals surface area contributed by atoms with Gasteiger partial charge >= 0.3 is 11.9 Å². The first-order valence-corrected chi connectivity index (χ1v) is 5.54. The highest BCUT2D eigenvalue weighted by atomic mass is 16.4. The van der Waals surface area contributed by atoms with Gasteiger partial charge in [-0.1, -0.05) is 0 Å². The highest BCUT2D eigenvalue weighted by molar-refractivity contribution is 5.74. The first-order chi connectivity index (χ1) is 7.90. The van der Waals surface area contributed by atoms with E-state index in [9.17, 15) is 9.59 Å². The van der Waals surface area contributed by atoms with Gasteiger partial charge in [-0.3, -0.25) is 9.59 Å². The van der Waals surface area contributed by atoms with Gasteiger partial charge in [-0.05, 0) is 32.7 Å². The molecule has 17 heavy (non-hydrogen) atoms. The number of rotatable bonds is 9. The van der Waals surface area contributed by atoms with Crippen molar-refractivity contribution in [1.82, 2.24) is 10.4 Å². The van der Waals surface area contributed by atoms with Gasteiger partial charge in [-0.2, -0.15) is 0 Å². The van der Waals surface area contributed by atoms with Gasteiger partial charge in [0.15, 0.2) is 0 Å². The first-order valence-electron chi connectivity index (χ1n) is 5.54. The Morgan fingerprint density at radius 2 is 1.88 bits per heavy atom. The summed E-state index contributed by atoms with van der Waals surface area (Å²) < 4.78 is 0. The SMILES string of the molecule is C[C@H](NN(C)[C@@H](CCCCN)C(=O)O)C(=O)O. The lowest BCUT2D eigenvalue weighted by Gasteiger charge is -2.27. The normalized spacial score (nSPS) is 14.6. The molecule has 2 atom stereocenters. The van der Waals surface area contributed by atoms with E-state index < -0.39 is 24.0 Å². The molecule has 0 saturated carbocycles. The molecule has 0 spiro atoms. The molecule has 0 amide bonds. The number of hydrogen-bond donors (Lipinski definition) is 4. The van der Waals surface area contributed by atoms with Gasteiger partial charge in [-0.25, -0.2) is 10.4 Å². The Bertz CT molecular complexity index is 260. The highest BCUT2D eigenvalue weighted by Crippen LogP contribution is 2.06. The summed E-state index contributed by atoms with van der Waals surface area (Å²) in [5.74, 6) is -2.00. The summed E-state index contributed by atoms with van der Waals surface area (Å²) >= 11 is 0. The minimum Gasteiger partial charge on any atom is -0.480 e. The summed E-state index contributed by atoms with van der Waals surface area (Å²) in [5.41, 5.74) is 7.94. The van der Waals surface area contributed by atoms with Crippen LogP contribution in [0.15, 0.2) is 0 Å². The molecule has 0 aliphatic carbocycles. The van der Waals surface area contributed by atoms with Crippen LogP contribution in [0.3, 0.4) is 0 Å². The molecule has 0 heterocycles. The van der Waals surface area contributed by atoms with Crippen LogP contribution in [-0.2, 0) is 9.59 Å².